The monoisotopic (exact) mass is 399 g/mol. The number of hydrogen-bond donors (Lipinski definition) is 1. The highest BCUT2D eigenvalue weighted by atomic mass is 32.2. The van der Waals surface area contributed by atoms with Crippen LogP contribution < -0.4 is 4.72 Å². The maximum absolute atomic E-state index is 12.8. The SMILES string of the molecule is Cc1ccc([N+](=O)[O-])cc1S(=O)(=O)Nc1cccc(-c2nnc3n2CCC3)c1. The summed E-state index contributed by atoms with van der Waals surface area (Å²) in [7, 11) is -3.99. The van der Waals surface area contributed by atoms with Crippen molar-refractivity contribution in [2.45, 2.75) is 31.2 Å². The van der Waals surface area contributed by atoms with Crippen molar-refractivity contribution in [3.05, 3.63) is 64.0 Å². The topological polar surface area (TPSA) is 120 Å². The molecular weight excluding hydrogens is 382 g/mol. The highest BCUT2D eigenvalue weighted by Crippen LogP contribution is 2.28. The van der Waals surface area contributed by atoms with Crippen LogP contribution in [0.25, 0.3) is 11.4 Å². The summed E-state index contributed by atoms with van der Waals surface area (Å²) in [6.45, 7) is 2.43. The molecule has 1 aliphatic rings. The molecule has 0 radical (unpaired) electrons. The molecule has 0 amide bonds. The largest absolute Gasteiger partial charge is 0.311 e. The molecular formula is C18H17N5O4S. The number of nitrogens with zero attached hydrogens (tertiary/aromatic N) is 4. The molecule has 10 heteroatoms. The number of nitrogens with one attached hydrogen (secondary N) is 1. The molecule has 0 spiro atoms. The lowest BCUT2D eigenvalue weighted by atomic mass is 10.2. The Kier molecular flexibility index (Phi) is 4.34. The number of nitro groups is 1. The fourth-order valence-electron chi connectivity index (χ4n) is 3.29. The average Bonchev–Trinajstić information content (AvgIpc) is 3.25. The Morgan fingerprint density at radius 1 is 1.18 bits per heavy atom. The molecule has 4 rings (SSSR count). The predicted molar refractivity (Wildman–Crippen MR) is 102 cm³/mol. The van der Waals surface area contributed by atoms with E-state index in [0.29, 0.717) is 17.1 Å². The van der Waals surface area contributed by atoms with Crippen LogP contribution in [0.4, 0.5) is 11.4 Å². The highest BCUT2D eigenvalue weighted by Gasteiger charge is 2.22. The van der Waals surface area contributed by atoms with Crippen molar-refractivity contribution in [3.8, 4) is 11.4 Å². The molecule has 0 fully saturated rings. The van der Waals surface area contributed by atoms with E-state index in [1.165, 1.54) is 12.1 Å². The van der Waals surface area contributed by atoms with Crippen LogP contribution in [0.1, 0.15) is 17.8 Å². The number of sulfonamides is 1. The van der Waals surface area contributed by atoms with Crippen LogP contribution in [-0.4, -0.2) is 28.1 Å². The first-order valence-electron chi connectivity index (χ1n) is 8.65. The van der Waals surface area contributed by atoms with Gasteiger partial charge >= 0.3 is 0 Å². The summed E-state index contributed by atoms with van der Waals surface area (Å²) >= 11 is 0. The van der Waals surface area contributed by atoms with Gasteiger partial charge < -0.3 is 4.57 Å². The number of aromatic nitrogens is 3. The molecule has 0 unspecified atom stereocenters. The fourth-order valence-corrected chi connectivity index (χ4v) is 4.60. The average molecular weight is 399 g/mol. The van der Waals surface area contributed by atoms with Gasteiger partial charge in [-0.3, -0.25) is 14.8 Å². The minimum absolute atomic E-state index is 0.129. The Bertz CT molecular complexity index is 1190. The second-order valence-corrected chi connectivity index (χ2v) is 8.24. The van der Waals surface area contributed by atoms with Crippen LogP contribution in [0.3, 0.4) is 0 Å². The normalized spacial score (nSPS) is 13.3. The van der Waals surface area contributed by atoms with Crippen molar-refractivity contribution in [1.82, 2.24) is 14.8 Å². The van der Waals surface area contributed by atoms with Gasteiger partial charge in [0, 0.05) is 36.3 Å². The summed E-state index contributed by atoms with van der Waals surface area (Å²) in [5, 5.41) is 19.4. The number of nitro benzene ring substituents is 1. The minimum Gasteiger partial charge on any atom is -0.311 e. The van der Waals surface area contributed by atoms with Crippen molar-refractivity contribution in [2.24, 2.45) is 0 Å². The summed E-state index contributed by atoms with van der Waals surface area (Å²) in [5.74, 6) is 1.62. The molecule has 0 bridgehead atoms. The predicted octanol–water partition coefficient (Wildman–Crippen LogP) is 2.91. The third-order valence-electron chi connectivity index (χ3n) is 4.65. The van der Waals surface area contributed by atoms with Gasteiger partial charge in [-0.25, -0.2) is 8.42 Å². The first-order valence-corrected chi connectivity index (χ1v) is 10.1. The lowest BCUT2D eigenvalue weighted by Gasteiger charge is -2.11. The lowest BCUT2D eigenvalue weighted by Crippen LogP contribution is -2.14. The molecule has 144 valence electrons. The molecule has 0 aliphatic carbocycles. The van der Waals surface area contributed by atoms with E-state index in [2.05, 4.69) is 14.9 Å². The molecule has 2 heterocycles. The molecule has 2 aromatic carbocycles. The van der Waals surface area contributed by atoms with Crippen LogP contribution in [-0.2, 0) is 23.0 Å². The number of non-ortho nitro benzene ring substituents is 1. The van der Waals surface area contributed by atoms with Gasteiger partial charge in [0.25, 0.3) is 15.7 Å². The zero-order valence-corrected chi connectivity index (χ0v) is 15.8. The van der Waals surface area contributed by atoms with Gasteiger partial charge in [0.2, 0.25) is 0 Å². The molecule has 9 nitrogen and oxygen atoms in total. The van der Waals surface area contributed by atoms with Gasteiger partial charge in [0.1, 0.15) is 5.82 Å². The molecule has 1 N–H and O–H groups in total. The van der Waals surface area contributed by atoms with E-state index in [4.69, 9.17) is 0 Å². The van der Waals surface area contributed by atoms with E-state index in [1.54, 1.807) is 25.1 Å². The summed E-state index contributed by atoms with van der Waals surface area (Å²) in [4.78, 5) is 10.2. The maximum atomic E-state index is 12.8. The molecule has 1 aliphatic heterocycles. The second-order valence-electron chi connectivity index (χ2n) is 6.59. The van der Waals surface area contributed by atoms with Crippen LogP contribution in [0.15, 0.2) is 47.4 Å². The molecule has 3 aromatic rings. The summed E-state index contributed by atoms with van der Waals surface area (Å²) in [6.07, 6.45) is 1.89. The highest BCUT2D eigenvalue weighted by molar-refractivity contribution is 7.92. The number of anilines is 1. The number of rotatable bonds is 5. The first kappa shape index (κ1) is 18.1. The molecule has 0 saturated heterocycles. The van der Waals surface area contributed by atoms with E-state index in [9.17, 15) is 18.5 Å². The quantitative estimate of drug-likeness (QED) is 0.520. The number of aryl methyl sites for hydroxylation is 2. The summed E-state index contributed by atoms with van der Waals surface area (Å²) < 4.78 is 30.2. The minimum atomic E-state index is -3.99. The van der Waals surface area contributed by atoms with Crippen LogP contribution in [0.2, 0.25) is 0 Å². The second kappa shape index (κ2) is 6.71. The first-order chi connectivity index (χ1) is 13.3. The number of hydrogen-bond acceptors (Lipinski definition) is 6. The van der Waals surface area contributed by atoms with Gasteiger partial charge in [0.05, 0.1) is 9.82 Å². The van der Waals surface area contributed by atoms with Crippen molar-refractivity contribution in [3.63, 3.8) is 0 Å². The van der Waals surface area contributed by atoms with E-state index in [-0.39, 0.29) is 10.6 Å². The van der Waals surface area contributed by atoms with Gasteiger partial charge in [0.15, 0.2) is 5.82 Å². The van der Waals surface area contributed by atoms with Crippen LogP contribution >= 0.6 is 0 Å². The van der Waals surface area contributed by atoms with E-state index >= 15 is 0 Å². The van der Waals surface area contributed by atoms with E-state index in [1.807, 2.05) is 10.6 Å². The standard InChI is InChI=1S/C18H17N5O4S/c1-12-7-8-15(23(24)25)11-16(12)28(26,27)21-14-5-2-4-13(10-14)18-20-19-17-6-3-9-22(17)18/h2,4-5,7-8,10-11,21H,3,6,9H2,1H3. The Morgan fingerprint density at radius 2 is 2.00 bits per heavy atom. The Balaban J connectivity index is 1.68. The fraction of sp³-hybridized carbons (Fsp3) is 0.222. The van der Waals surface area contributed by atoms with Crippen molar-refractivity contribution < 1.29 is 13.3 Å². The number of fused-ring (bicyclic) bond motifs is 1. The zero-order valence-electron chi connectivity index (χ0n) is 15.0. The summed E-state index contributed by atoms with van der Waals surface area (Å²) in [5.41, 5.74) is 1.23. The van der Waals surface area contributed by atoms with E-state index < -0.39 is 14.9 Å². The smallest absolute Gasteiger partial charge is 0.270 e. The van der Waals surface area contributed by atoms with Gasteiger partial charge in [-0.05, 0) is 31.0 Å². The Morgan fingerprint density at radius 3 is 2.79 bits per heavy atom. The van der Waals surface area contributed by atoms with Gasteiger partial charge in [-0.15, -0.1) is 10.2 Å². The third kappa shape index (κ3) is 3.22. The van der Waals surface area contributed by atoms with Gasteiger partial charge in [-0.2, -0.15) is 0 Å². The number of benzene rings is 2. The molecule has 0 saturated carbocycles. The van der Waals surface area contributed by atoms with Crippen molar-refractivity contribution in [2.75, 3.05) is 4.72 Å². The molecule has 1 aromatic heterocycles. The maximum Gasteiger partial charge on any atom is 0.270 e. The molecule has 0 atom stereocenters. The zero-order chi connectivity index (χ0) is 19.9. The van der Waals surface area contributed by atoms with Crippen LogP contribution in [0, 0.1) is 17.0 Å². The van der Waals surface area contributed by atoms with E-state index in [0.717, 1.165) is 36.8 Å². The van der Waals surface area contributed by atoms with Crippen molar-refractivity contribution >= 4 is 21.4 Å². The van der Waals surface area contributed by atoms with Gasteiger partial charge in [-0.1, -0.05) is 18.2 Å². The van der Waals surface area contributed by atoms with Crippen molar-refractivity contribution in [1.29, 1.82) is 0 Å². The lowest BCUT2D eigenvalue weighted by molar-refractivity contribution is -0.385. The van der Waals surface area contributed by atoms with Crippen LogP contribution in [0.5, 0.6) is 0 Å². The Hall–Kier alpha value is -3.27. The summed E-state index contributed by atoms with van der Waals surface area (Å²) in [6, 6.07) is 10.6. The third-order valence-corrected chi connectivity index (χ3v) is 6.18. The Labute approximate surface area is 161 Å². The molecule has 28 heavy (non-hydrogen) atoms.